The van der Waals surface area contributed by atoms with Crippen LogP contribution in [0.25, 0.3) is 10.9 Å². The number of aromatic nitrogens is 1. The lowest BCUT2D eigenvalue weighted by Crippen LogP contribution is -2.08. The molecule has 0 atom stereocenters. The van der Waals surface area contributed by atoms with Crippen LogP contribution >= 0.6 is 0 Å². The molecule has 84 valence electrons. The van der Waals surface area contributed by atoms with Gasteiger partial charge in [0.25, 0.3) is 5.56 Å². The van der Waals surface area contributed by atoms with Crippen molar-refractivity contribution >= 4 is 10.9 Å². The number of rotatable bonds is 3. The summed E-state index contributed by atoms with van der Waals surface area (Å²) >= 11 is 0. The third kappa shape index (κ3) is 2.14. The van der Waals surface area contributed by atoms with E-state index in [0.717, 1.165) is 29.3 Å². The Hall–Kier alpha value is -1.61. The molecular weight excluding hydrogens is 202 g/mol. The highest BCUT2D eigenvalue weighted by atomic mass is 16.2. The van der Waals surface area contributed by atoms with Gasteiger partial charge in [-0.3, -0.25) is 4.79 Å². The number of benzene rings is 1. The molecular formula is C13H15NO2. The van der Waals surface area contributed by atoms with E-state index in [1.54, 1.807) is 6.92 Å². The maximum absolute atomic E-state index is 11.4. The molecule has 0 amide bonds. The van der Waals surface area contributed by atoms with Crippen LogP contribution in [0.2, 0.25) is 0 Å². The van der Waals surface area contributed by atoms with Gasteiger partial charge in [-0.1, -0.05) is 6.07 Å². The van der Waals surface area contributed by atoms with E-state index in [1.165, 1.54) is 5.56 Å². The number of pyridine rings is 1. The smallest absolute Gasteiger partial charge is 0.251 e. The number of aryl methyl sites for hydroxylation is 2. The highest BCUT2D eigenvalue weighted by Crippen LogP contribution is 2.14. The minimum atomic E-state index is -0.0318. The fourth-order valence-corrected chi connectivity index (χ4v) is 1.80. The van der Waals surface area contributed by atoms with Crippen LogP contribution in [0.4, 0.5) is 0 Å². The fourth-order valence-electron chi connectivity index (χ4n) is 1.80. The lowest BCUT2D eigenvalue weighted by molar-refractivity contribution is 0.288. The van der Waals surface area contributed by atoms with E-state index in [1.807, 2.05) is 18.2 Å². The van der Waals surface area contributed by atoms with Crippen LogP contribution in [0.15, 0.2) is 29.1 Å². The van der Waals surface area contributed by atoms with Gasteiger partial charge in [0, 0.05) is 17.7 Å². The zero-order valence-corrected chi connectivity index (χ0v) is 9.29. The molecule has 2 aromatic rings. The molecule has 3 nitrogen and oxygen atoms in total. The van der Waals surface area contributed by atoms with Crippen LogP contribution in [-0.2, 0) is 6.42 Å². The first-order valence-corrected chi connectivity index (χ1v) is 5.44. The maximum atomic E-state index is 11.4. The fraction of sp³-hybridized carbons (Fsp3) is 0.308. The van der Waals surface area contributed by atoms with Crippen LogP contribution < -0.4 is 5.56 Å². The number of fused-ring (bicyclic) bond motifs is 1. The first kappa shape index (κ1) is 10.9. The summed E-state index contributed by atoms with van der Waals surface area (Å²) in [4.78, 5) is 14.2. The van der Waals surface area contributed by atoms with Gasteiger partial charge in [0.05, 0.1) is 0 Å². The summed E-state index contributed by atoms with van der Waals surface area (Å²) in [5.41, 5.74) is 2.75. The van der Waals surface area contributed by atoms with E-state index in [2.05, 4.69) is 11.1 Å². The molecule has 0 radical (unpaired) electrons. The number of H-pyrrole nitrogens is 1. The SMILES string of the molecule is Cc1cc2cc(CCCO)ccc2[nH]c1=O. The summed E-state index contributed by atoms with van der Waals surface area (Å²) < 4.78 is 0. The van der Waals surface area contributed by atoms with Crippen molar-refractivity contribution in [2.24, 2.45) is 0 Å². The second-order valence-corrected chi connectivity index (χ2v) is 4.03. The number of nitrogens with one attached hydrogen (secondary N) is 1. The monoisotopic (exact) mass is 217 g/mol. The Kier molecular flexibility index (Phi) is 3.06. The Morgan fingerprint density at radius 3 is 2.88 bits per heavy atom. The van der Waals surface area contributed by atoms with E-state index in [0.29, 0.717) is 0 Å². The first-order chi connectivity index (χ1) is 7.70. The zero-order chi connectivity index (χ0) is 11.5. The number of hydrogen-bond donors (Lipinski definition) is 2. The van der Waals surface area contributed by atoms with Gasteiger partial charge < -0.3 is 10.1 Å². The van der Waals surface area contributed by atoms with E-state index < -0.39 is 0 Å². The molecule has 2 N–H and O–H groups in total. The molecule has 0 spiro atoms. The second-order valence-electron chi connectivity index (χ2n) is 4.03. The van der Waals surface area contributed by atoms with E-state index in [4.69, 9.17) is 5.11 Å². The van der Waals surface area contributed by atoms with Gasteiger partial charge in [0.2, 0.25) is 0 Å². The maximum Gasteiger partial charge on any atom is 0.251 e. The predicted octanol–water partition coefficient (Wildman–Crippen LogP) is 1.76. The lowest BCUT2D eigenvalue weighted by Gasteiger charge is -2.03. The Morgan fingerprint density at radius 2 is 2.12 bits per heavy atom. The summed E-state index contributed by atoms with van der Waals surface area (Å²) in [7, 11) is 0. The first-order valence-electron chi connectivity index (χ1n) is 5.44. The molecule has 0 unspecified atom stereocenters. The van der Waals surface area contributed by atoms with Crippen molar-refractivity contribution in [2.75, 3.05) is 6.61 Å². The molecule has 0 bridgehead atoms. The zero-order valence-electron chi connectivity index (χ0n) is 9.29. The molecule has 2 rings (SSSR count). The van der Waals surface area contributed by atoms with Crippen molar-refractivity contribution in [2.45, 2.75) is 19.8 Å². The third-order valence-electron chi connectivity index (χ3n) is 2.72. The van der Waals surface area contributed by atoms with Crippen LogP contribution in [0.5, 0.6) is 0 Å². The third-order valence-corrected chi connectivity index (χ3v) is 2.72. The van der Waals surface area contributed by atoms with Crippen molar-refractivity contribution < 1.29 is 5.11 Å². The van der Waals surface area contributed by atoms with Crippen LogP contribution in [-0.4, -0.2) is 16.7 Å². The molecule has 0 aliphatic carbocycles. The Morgan fingerprint density at radius 1 is 1.31 bits per heavy atom. The van der Waals surface area contributed by atoms with Crippen molar-refractivity contribution in [3.63, 3.8) is 0 Å². The molecule has 0 saturated carbocycles. The number of aliphatic hydroxyl groups excluding tert-OH is 1. The number of aliphatic hydroxyl groups is 1. The van der Waals surface area contributed by atoms with Gasteiger partial charge in [-0.05, 0) is 48.9 Å². The highest BCUT2D eigenvalue weighted by molar-refractivity contribution is 5.79. The summed E-state index contributed by atoms with van der Waals surface area (Å²) in [6, 6.07) is 7.87. The average Bonchev–Trinajstić information content (AvgIpc) is 2.28. The molecule has 0 saturated heterocycles. The molecule has 1 aromatic carbocycles. The summed E-state index contributed by atoms with van der Waals surface area (Å²) in [6.07, 6.45) is 1.64. The Balaban J connectivity index is 2.45. The molecule has 0 fully saturated rings. The molecule has 0 aliphatic rings. The Labute approximate surface area is 93.7 Å². The van der Waals surface area contributed by atoms with Crippen molar-refractivity contribution in [3.05, 3.63) is 45.7 Å². The molecule has 3 heteroatoms. The van der Waals surface area contributed by atoms with E-state index >= 15 is 0 Å². The summed E-state index contributed by atoms with van der Waals surface area (Å²) in [5.74, 6) is 0. The standard InChI is InChI=1S/C13H15NO2/c1-9-7-11-8-10(3-2-6-15)4-5-12(11)14-13(9)16/h4-5,7-8,15H,2-3,6H2,1H3,(H,14,16). The molecule has 0 aliphatic heterocycles. The highest BCUT2D eigenvalue weighted by Gasteiger charge is 2.00. The normalized spacial score (nSPS) is 10.9. The largest absolute Gasteiger partial charge is 0.396 e. The molecule has 1 aromatic heterocycles. The van der Waals surface area contributed by atoms with E-state index in [-0.39, 0.29) is 12.2 Å². The minimum absolute atomic E-state index is 0.0318. The Bertz CT molecular complexity index is 557. The van der Waals surface area contributed by atoms with E-state index in [9.17, 15) is 4.79 Å². The topological polar surface area (TPSA) is 53.1 Å². The second kappa shape index (κ2) is 4.49. The number of aromatic amines is 1. The van der Waals surface area contributed by atoms with Gasteiger partial charge in [-0.25, -0.2) is 0 Å². The van der Waals surface area contributed by atoms with Gasteiger partial charge in [-0.15, -0.1) is 0 Å². The van der Waals surface area contributed by atoms with Crippen molar-refractivity contribution in [1.82, 2.24) is 4.98 Å². The van der Waals surface area contributed by atoms with Gasteiger partial charge in [0.1, 0.15) is 0 Å². The van der Waals surface area contributed by atoms with Gasteiger partial charge in [-0.2, -0.15) is 0 Å². The van der Waals surface area contributed by atoms with Crippen LogP contribution in [0, 0.1) is 6.92 Å². The van der Waals surface area contributed by atoms with Gasteiger partial charge >= 0.3 is 0 Å². The quantitative estimate of drug-likeness (QED) is 0.823. The molecule has 1 heterocycles. The summed E-state index contributed by atoms with van der Waals surface area (Å²) in [5, 5.41) is 9.82. The van der Waals surface area contributed by atoms with Crippen LogP contribution in [0.1, 0.15) is 17.5 Å². The van der Waals surface area contributed by atoms with Gasteiger partial charge in [0.15, 0.2) is 0 Å². The minimum Gasteiger partial charge on any atom is -0.396 e. The summed E-state index contributed by atoms with van der Waals surface area (Å²) in [6.45, 7) is 2.02. The molecule has 16 heavy (non-hydrogen) atoms. The van der Waals surface area contributed by atoms with Crippen molar-refractivity contribution in [3.8, 4) is 0 Å². The predicted molar refractivity (Wildman–Crippen MR) is 64.7 cm³/mol. The van der Waals surface area contributed by atoms with Crippen LogP contribution in [0.3, 0.4) is 0 Å². The average molecular weight is 217 g/mol. The van der Waals surface area contributed by atoms with Crippen molar-refractivity contribution in [1.29, 1.82) is 0 Å². The lowest BCUT2D eigenvalue weighted by atomic mass is 10.1. The number of hydrogen-bond acceptors (Lipinski definition) is 2.